The Morgan fingerprint density at radius 2 is 1.76 bits per heavy atom. The molecule has 136 valence electrons. The van der Waals surface area contributed by atoms with Gasteiger partial charge in [0.25, 0.3) is 0 Å². The molecule has 0 bridgehead atoms. The molecule has 0 atom stereocenters. The van der Waals surface area contributed by atoms with Gasteiger partial charge < -0.3 is 19.5 Å². The normalized spacial score (nSPS) is 18.8. The Hall–Kier alpha value is -1.86. The fourth-order valence-electron chi connectivity index (χ4n) is 2.35. The summed E-state index contributed by atoms with van der Waals surface area (Å²) in [6.45, 7) is 13.3. The van der Waals surface area contributed by atoms with Crippen LogP contribution in [0.4, 0.5) is 10.5 Å². The third-order valence-corrected chi connectivity index (χ3v) is 4.39. The highest BCUT2D eigenvalue weighted by molar-refractivity contribution is 6.62. The topological polar surface area (TPSA) is 80.6 Å². The highest BCUT2D eigenvalue weighted by Gasteiger charge is 2.51. The average molecular weight is 346 g/mol. The SMILES string of the molecule is CC(C)(C)OC(=O)Nc1ccc(B2OC(C)(C)C(C)(C)O2)cc1C=N. The van der Waals surface area contributed by atoms with Crippen LogP contribution in [0, 0.1) is 5.41 Å². The maximum Gasteiger partial charge on any atom is 0.494 e. The maximum absolute atomic E-state index is 11.9. The highest BCUT2D eigenvalue weighted by Crippen LogP contribution is 2.36. The minimum atomic E-state index is -0.586. The second-order valence-corrected chi connectivity index (χ2v) is 8.21. The molecule has 0 aromatic heterocycles. The first-order valence-corrected chi connectivity index (χ1v) is 8.35. The van der Waals surface area contributed by atoms with Gasteiger partial charge in [-0.25, -0.2) is 4.79 Å². The summed E-state index contributed by atoms with van der Waals surface area (Å²) in [6, 6.07) is 5.33. The van der Waals surface area contributed by atoms with Gasteiger partial charge in [0.2, 0.25) is 0 Å². The van der Waals surface area contributed by atoms with Gasteiger partial charge in [0.1, 0.15) is 5.60 Å². The predicted octanol–water partition coefficient (Wildman–Crippen LogP) is 3.33. The molecule has 1 amide bonds. The van der Waals surface area contributed by atoms with Crippen LogP contribution < -0.4 is 10.8 Å². The molecule has 2 N–H and O–H groups in total. The second-order valence-electron chi connectivity index (χ2n) is 8.21. The van der Waals surface area contributed by atoms with Crippen LogP contribution >= 0.6 is 0 Å². The summed E-state index contributed by atoms with van der Waals surface area (Å²) in [5.74, 6) is 0. The van der Waals surface area contributed by atoms with E-state index < -0.39 is 30.0 Å². The molecule has 1 aromatic rings. The molecule has 1 heterocycles. The Balaban J connectivity index is 2.20. The standard InChI is InChI=1S/C18H27BN2O4/c1-16(2,3)23-15(22)21-14-9-8-13(10-12(14)11-20)19-24-17(4,5)18(6,7)25-19/h8-11,20H,1-7H3,(H,21,22). The Morgan fingerprint density at radius 3 is 2.24 bits per heavy atom. The minimum Gasteiger partial charge on any atom is -0.444 e. The van der Waals surface area contributed by atoms with Crippen molar-refractivity contribution >= 4 is 30.6 Å². The third-order valence-electron chi connectivity index (χ3n) is 4.39. The monoisotopic (exact) mass is 346 g/mol. The van der Waals surface area contributed by atoms with Crippen LogP contribution in [0.15, 0.2) is 18.2 Å². The summed E-state index contributed by atoms with van der Waals surface area (Å²) >= 11 is 0. The number of amides is 1. The van der Waals surface area contributed by atoms with Gasteiger partial charge in [0.15, 0.2) is 0 Å². The van der Waals surface area contributed by atoms with Gasteiger partial charge in [-0.15, -0.1) is 0 Å². The molecular weight excluding hydrogens is 319 g/mol. The molecule has 1 aromatic carbocycles. The van der Waals surface area contributed by atoms with Crippen molar-refractivity contribution in [2.75, 3.05) is 5.32 Å². The molecule has 0 unspecified atom stereocenters. The first-order valence-electron chi connectivity index (χ1n) is 8.35. The molecule has 0 saturated carbocycles. The van der Waals surface area contributed by atoms with E-state index in [0.717, 1.165) is 5.46 Å². The number of rotatable bonds is 3. The van der Waals surface area contributed by atoms with Crippen LogP contribution in [-0.4, -0.2) is 36.2 Å². The van der Waals surface area contributed by atoms with Crippen molar-refractivity contribution in [3.05, 3.63) is 23.8 Å². The van der Waals surface area contributed by atoms with E-state index >= 15 is 0 Å². The third kappa shape index (κ3) is 4.41. The minimum absolute atomic E-state index is 0.435. The predicted molar refractivity (Wildman–Crippen MR) is 99.9 cm³/mol. The molecular formula is C18H27BN2O4. The molecule has 1 aliphatic heterocycles. The number of ether oxygens (including phenoxy) is 1. The Kier molecular flexibility index (Phi) is 5.03. The summed E-state index contributed by atoms with van der Waals surface area (Å²) in [7, 11) is -0.515. The van der Waals surface area contributed by atoms with E-state index in [9.17, 15) is 4.79 Å². The van der Waals surface area contributed by atoms with Gasteiger partial charge in [-0.2, -0.15) is 0 Å². The van der Waals surface area contributed by atoms with Crippen molar-refractivity contribution in [3.8, 4) is 0 Å². The first kappa shape index (κ1) is 19.5. The molecule has 1 saturated heterocycles. The lowest BCUT2D eigenvalue weighted by atomic mass is 9.78. The molecule has 0 aliphatic carbocycles. The summed E-state index contributed by atoms with van der Waals surface area (Å²) < 4.78 is 17.3. The molecule has 0 radical (unpaired) electrons. The highest BCUT2D eigenvalue weighted by atomic mass is 16.7. The van der Waals surface area contributed by atoms with E-state index in [1.54, 1.807) is 32.9 Å². The van der Waals surface area contributed by atoms with E-state index in [1.807, 2.05) is 33.8 Å². The smallest absolute Gasteiger partial charge is 0.444 e. The van der Waals surface area contributed by atoms with Crippen LogP contribution in [0.25, 0.3) is 0 Å². The van der Waals surface area contributed by atoms with E-state index in [0.29, 0.717) is 11.3 Å². The van der Waals surface area contributed by atoms with E-state index in [4.69, 9.17) is 19.5 Å². The van der Waals surface area contributed by atoms with Crippen molar-refractivity contribution in [3.63, 3.8) is 0 Å². The number of nitrogens with one attached hydrogen (secondary N) is 2. The Morgan fingerprint density at radius 1 is 1.20 bits per heavy atom. The largest absolute Gasteiger partial charge is 0.494 e. The lowest BCUT2D eigenvalue weighted by Crippen LogP contribution is -2.41. The zero-order chi connectivity index (χ0) is 19.0. The van der Waals surface area contributed by atoms with Crippen LogP contribution in [0.5, 0.6) is 0 Å². The van der Waals surface area contributed by atoms with Gasteiger partial charge >= 0.3 is 13.2 Å². The zero-order valence-electron chi connectivity index (χ0n) is 16.0. The van der Waals surface area contributed by atoms with Gasteiger partial charge in [-0.1, -0.05) is 12.1 Å². The van der Waals surface area contributed by atoms with E-state index in [-0.39, 0.29) is 0 Å². The molecule has 1 fully saturated rings. The van der Waals surface area contributed by atoms with Gasteiger partial charge in [0, 0.05) is 11.8 Å². The van der Waals surface area contributed by atoms with Gasteiger partial charge in [-0.05, 0) is 60.0 Å². The van der Waals surface area contributed by atoms with Crippen molar-refractivity contribution in [1.29, 1.82) is 5.41 Å². The fourth-order valence-corrected chi connectivity index (χ4v) is 2.35. The average Bonchev–Trinajstić information content (AvgIpc) is 2.65. The second kappa shape index (κ2) is 6.46. The number of anilines is 1. The maximum atomic E-state index is 11.9. The van der Waals surface area contributed by atoms with Crippen LogP contribution in [0.3, 0.4) is 0 Å². The van der Waals surface area contributed by atoms with Crippen molar-refractivity contribution in [2.24, 2.45) is 0 Å². The molecule has 25 heavy (non-hydrogen) atoms. The summed E-state index contributed by atoms with van der Waals surface area (Å²) in [4.78, 5) is 11.9. The van der Waals surface area contributed by atoms with E-state index in [1.165, 1.54) is 6.21 Å². The molecule has 7 heteroatoms. The van der Waals surface area contributed by atoms with Gasteiger partial charge in [0.05, 0.1) is 16.9 Å². The fraction of sp³-hybridized carbons (Fsp3) is 0.556. The molecule has 1 aliphatic rings. The van der Waals surface area contributed by atoms with Crippen molar-refractivity contribution in [2.45, 2.75) is 65.3 Å². The molecule has 2 rings (SSSR count). The van der Waals surface area contributed by atoms with E-state index in [2.05, 4.69) is 5.32 Å². The number of hydrogen-bond donors (Lipinski definition) is 2. The van der Waals surface area contributed by atoms with Crippen molar-refractivity contribution < 1.29 is 18.8 Å². The molecule has 0 spiro atoms. The Bertz CT molecular complexity index is 664. The number of benzene rings is 1. The van der Waals surface area contributed by atoms with Crippen molar-refractivity contribution in [1.82, 2.24) is 0 Å². The lowest BCUT2D eigenvalue weighted by molar-refractivity contribution is 0.00578. The summed E-state index contributed by atoms with van der Waals surface area (Å²) in [5.41, 5.74) is 0.401. The van der Waals surface area contributed by atoms with Crippen LogP contribution in [0.2, 0.25) is 0 Å². The summed E-state index contributed by atoms with van der Waals surface area (Å²) in [5, 5.41) is 10.3. The summed E-state index contributed by atoms with van der Waals surface area (Å²) in [6.07, 6.45) is 0.625. The Labute approximate surface area is 149 Å². The zero-order valence-corrected chi connectivity index (χ0v) is 16.0. The number of carbonyl (C=O) groups excluding carboxylic acids is 1. The lowest BCUT2D eigenvalue weighted by Gasteiger charge is -2.32. The number of hydrogen-bond acceptors (Lipinski definition) is 5. The van der Waals surface area contributed by atoms with Crippen LogP contribution in [0.1, 0.15) is 54.0 Å². The number of carbonyl (C=O) groups is 1. The van der Waals surface area contributed by atoms with Gasteiger partial charge in [-0.3, -0.25) is 5.32 Å². The molecule has 6 nitrogen and oxygen atoms in total. The first-order chi connectivity index (χ1) is 11.3. The van der Waals surface area contributed by atoms with Crippen LogP contribution in [-0.2, 0) is 14.0 Å². The quantitative estimate of drug-likeness (QED) is 0.650.